The molecule has 0 amide bonds. The molecular formula is C29H31ClN2O3. The molecule has 5 rings (SSSR count). The molecule has 0 N–H and O–H groups in total. The molecule has 1 saturated carbocycles. The largest absolute Gasteiger partial charge is 0.481 e. The molecule has 5 nitrogen and oxygen atoms in total. The highest BCUT2D eigenvalue weighted by atomic mass is 35.5. The Morgan fingerprint density at radius 2 is 1.66 bits per heavy atom. The van der Waals surface area contributed by atoms with Gasteiger partial charge in [-0.2, -0.15) is 9.97 Å². The van der Waals surface area contributed by atoms with Crippen molar-refractivity contribution in [3.05, 3.63) is 89.1 Å². The standard InChI is InChI=1S/C29H31ClN2O3/c1-33-27-24(17-20-9-5-3-6-10-20)26(31-28(32-27)34-2)29(35-19-21-13-14-21)16-15-23(25(30)18-29)22-11-7-4-8-12-22/h3-12,15,21,25H,13-14,16-19H2,1-2H3. The summed E-state index contributed by atoms with van der Waals surface area (Å²) in [5.74, 6) is 1.11. The molecule has 0 saturated heterocycles. The molecule has 2 aliphatic carbocycles. The second-order valence-corrected chi connectivity index (χ2v) is 9.89. The first-order chi connectivity index (χ1) is 17.1. The van der Waals surface area contributed by atoms with Gasteiger partial charge in [0.1, 0.15) is 5.60 Å². The van der Waals surface area contributed by atoms with Crippen molar-refractivity contribution < 1.29 is 14.2 Å². The molecule has 0 radical (unpaired) electrons. The van der Waals surface area contributed by atoms with Crippen LogP contribution in [0.25, 0.3) is 5.57 Å². The van der Waals surface area contributed by atoms with E-state index in [1.54, 1.807) is 14.2 Å². The Labute approximate surface area is 212 Å². The first kappa shape index (κ1) is 23.8. The van der Waals surface area contributed by atoms with Gasteiger partial charge in [-0.15, -0.1) is 11.6 Å². The highest BCUT2D eigenvalue weighted by Gasteiger charge is 2.44. The number of allylic oxidation sites excluding steroid dienone is 1. The molecule has 1 fully saturated rings. The highest BCUT2D eigenvalue weighted by molar-refractivity contribution is 6.26. The van der Waals surface area contributed by atoms with Crippen LogP contribution in [0.5, 0.6) is 11.9 Å². The summed E-state index contributed by atoms with van der Waals surface area (Å²) in [6, 6.07) is 20.9. The maximum absolute atomic E-state index is 7.09. The summed E-state index contributed by atoms with van der Waals surface area (Å²) in [5.41, 5.74) is 4.45. The molecule has 2 aromatic carbocycles. The molecule has 0 spiro atoms. The van der Waals surface area contributed by atoms with Crippen LogP contribution in [0.3, 0.4) is 0 Å². The van der Waals surface area contributed by atoms with Crippen LogP contribution in [0.4, 0.5) is 0 Å². The van der Waals surface area contributed by atoms with Gasteiger partial charge >= 0.3 is 6.01 Å². The number of benzene rings is 2. The average Bonchev–Trinajstić information content (AvgIpc) is 3.73. The zero-order valence-corrected chi connectivity index (χ0v) is 21.0. The Balaban J connectivity index is 1.61. The van der Waals surface area contributed by atoms with Crippen molar-refractivity contribution in [2.24, 2.45) is 5.92 Å². The van der Waals surface area contributed by atoms with E-state index < -0.39 is 5.60 Å². The molecule has 0 bridgehead atoms. The van der Waals surface area contributed by atoms with Crippen molar-refractivity contribution in [1.29, 1.82) is 0 Å². The third-order valence-corrected chi connectivity index (χ3v) is 7.27. The quantitative estimate of drug-likeness (QED) is 0.335. The zero-order valence-electron chi connectivity index (χ0n) is 20.2. The summed E-state index contributed by atoms with van der Waals surface area (Å²) in [6.45, 7) is 0.692. The monoisotopic (exact) mass is 490 g/mol. The normalized spacial score (nSPS) is 21.9. The number of alkyl halides is 1. The van der Waals surface area contributed by atoms with Gasteiger partial charge in [0.05, 0.1) is 31.9 Å². The maximum atomic E-state index is 7.09. The molecule has 182 valence electrons. The van der Waals surface area contributed by atoms with Gasteiger partial charge in [-0.25, -0.2) is 0 Å². The number of hydrogen-bond donors (Lipinski definition) is 0. The van der Waals surface area contributed by atoms with Crippen molar-refractivity contribution in [2.75, 3.05) is 20.8 Å². The smallest absolute Gasteiger partial charge is 0.319 e. The predicted molar refractivity (Wildman–Crippen MR) is 138 cm³/mol. The zero-order chi connectivity index (χ0) is 24.3. The van der Waals surface area contributed by atoms with Crippen LogP contribution in [0, 0.1) is 5.92 Å². The summed E-state index contributed by atoms with van der Waals surface area (Å²) < 4.78 is 18.0. The number of rotatable bonds is 9. The van der Waals surface area contributed by atoms with Gasteiger partial charge in [-0.3, -0.25) is 0 Å². The van der Waals surface area contributed by atoms with E-state index in [1.807, 2.05) is 36.4 Å². The maximum Gasteiger partial charge on any atom is 0.319 e. The topological polar surface area (TPSA) is 53.5 Å². The number of ether oxygens (including phenoxy) is 3. The molecule has 35 heavy (non-hydrogen) atoms. The van der Waals surface area contributed by atoms with E-state index >= 15 is 0 Å². The summed E-state index contributed by atoms with van der Waals surface area (Å²) in [7, 11) is 3.21. The molecule has 0 aliphatic heterocycles. The Morgan fingerprint density at radius 1 is 0.943 bits per heavy atom. The molecule has 1 heterocycles. The number of aromatic nitrogens is 2. The van der Waals surface area contributed by atoms with Crippen LogP contribution in [0.15, 0.2) is 66.7 Å². The summed E-state index contributed by atoms with van der Waals surface area (Å²) in [6.07, 6.45) is 6.53. The highest BCUT2D eigenvalue weighted by Crippen LogP contribution is 2.47. The number of halogens is 1. The summed E-state index contributed by atoms with van der Waals surface area (Å²) in [5, 5.41) is -0.220. The third kappa shape index (κ3) is 5.21. The number of nitrogens with zero attached hydrogens (tertiary/aromatic N) is 2. The van der Waals surface area contributed by atoms with Crippen molar-refractivity contribution in [3.63, 3.8) is 0 Å². The van der Waals surface area contributed by atoms with Gasteiger partial charge in [0, 0.05) is 24.8 Å². The van der Waals surface area contributed by atoms with Crippen LogP contribution < -0.4 is 9.47 Å². The van der Waals surface area contributed by atoms with Gasteiger partial charge in [0.15, 0.2) is 0 Å². The Kier molecular flexibility index (Phi) is 7.07. The molecule has 6 heteroatoms. The van der Waals surface area contributed by atoms with Crippen LogP contribution in [0.2, 0.25) is 0 Å². The van der Waals surface area contributed by atoms with Gasteiger partial charge < -0.3 is 14.2 Å². The lowest BCUT2D eigenvalue weighted by Gasteiger charge is -2.39. The fourth-order valence-corrected chi connectivity index (χ4v) is 5.26. The second-order valence-electron chi connectivity index (χ2n) is 9.36. The van der Waals surface area contributed by atoms with Gasteiger partial charge in [0.2, 0.25) is 5.88 Å². The van der Waals surface area contributed by atoms with Crippen LogP contribution in [0.1, 0.15) is 48.1 Å². The number of hydrogen-bond acceptors (Lipinski definition) is 5. The second kappa shape index (κ2) is 10.4. The van der Waals surface area contributed by atoms with Crippen molar-refractivity contribution in [2.45, 2.75) is 43.1 Å². The first-order valence-electron chi connectivity index (χ1n) is 12.2. The van der Waals surface area contributed by atoms with E-state index in [9.17, 15) is 0 Å². The fourth-order valence-electron chi connectivity index (χ4n) is 4.80. The minimum Gasteiger partial charge on any atom is -0.481 e. The average molecular weight is 491 g/mol. The van der Waals surface area contributed by atoms with Gasteiger partial charge in [-0.05, 0) is 35.5 Å². The van der Waals surface area contributed by atoms with Crippen molar-refractivity contribution >= 4 is 17.2 Å². The predicted octanol–water partition coefficient (Wildman–Crippen LogP) is 6.19. The Bertz CT molecular complexity index is 1180. The minimum absolute atomic E-state index is 0.220. The lowest BCUT2D eigenvalue weighted by molar-refractivity contribution is -0.0648. The van der Waals surface area contributed by atoms with Gasteiger partial charge in [0.25, 0.3) is 0 Å². The lowest BCUT2D eigenvalue weighted by atomic mass is 9.78. The van der Waals surface area contributed by atoms with Gasteiger partial charge in [-0.1, -0.05) is 66.7 Å². The number of methoxy groups -OCH3 is 2. The minimum atomic E-state index is -0.694. The van der Waals surface area contributed by atoms with E-state index in [4.69, 9.17) is 30.8 Å². The van der Waals surface area contributed by atoms with Crippen molar-refractivity contribution in [3.8, 4) is 11.9 Å². The molecule has 2 aliphatic rings. The van der Waals surface area contributed by atoms with Crippen LogP contribution >= 0.6 is 11.6 Å². The summed E-state index contributed by atoms with van der Waals surface area (Å²) >= 11 is 7.09. The van der Waals surface area contributed by atoms with E-state index in [0.717, 1.165) is 28.0 Å². The van der Waals surface area contributed by atoms with E-state index in [1.165, 1.54) is 12.8 Å². The van der Waals surface area contributed by atoms with E-state index in [2.05, 4.69) is 35.3 Å². The Hall–Kier alpha value is -2.89. The van der Waals surface area contributed by atoms with Crippen molar-refractivity contribution in [1.82, 2.24) is 9.97 Å². The van der Waals surface area contributed by atoms with Crippen LogP contribution in [-0.4, -0.2) is 36.2 Å². The van der Waals surface area contributed by atoms with E-state index in [0.29, 0.717) is 37.7 Å². The van der Waals surface area contributed by atoms with E-state index in [-0.39, 0.29) is 11.4 Å². The lowest BCUT2D eigenvalue weighted by Crippen LogP contribution is -2.38. The van der Waals surface area contributed by atoms with Crippen LogP contribution in [-0.2, 0) is 16.8 Å². The molecule has 2 unspecified atom stereocenters. The first-order valence-corrected chi connectivity index (χ1v) is 12.6. The molecule has 1 aromatic heterocycles. The third-order valence-electron chi connectivity index (χ3n) is 6.88. The summed E-state index contributed by atoms with van der Waals surface area (Å²) in [4.78, 5) is 9.42. The molecular weight excluding hydrogens is 460 g/mol. The molecule has 3 aromatic rings. The SMILES string of the molecule is COc1nc(OC)c(Cc2ccccc2)c(C2(OCC3CC3)CC=C(c3ccccc3)C(Cl)C2)n1. The molecule has 2 atom stereocenters. The fraction of sp³-hybridized carbons (Fsp3) is 0.379. The Morgan fingerprint density at radius 3 is 2.29 bits per heavy atom.